The number of nitrogens with one attached hydrogen (secondary N) is 1. The maximum absolute atomic E-state index is 3.31. The number of hydrogen-bond donors (Lipinski definition) is 1. The topological polar surface area (TPSA) is 18.5 Å². The van der Waals surface area contributed by atoms with Crippen LogP contribution < -0.4 is 24.2 Å². The molecule has 0 atom stereocenters. The van der Waals surface area contributed by atoms with Crippen molar-refractivity contribution in [2.24, 2.45) is 0 Å². The summed E-state index contributed by atoms with van der Waals surface area (Å²) in [5.41, 5.74) is 0. The van der Waals surface area contributed by atoms with Gasteiger partial charge in [0, 0.05) is 51.4 Å². The Morgan fingerprint density at radius 3 is 1.06 bits per heavy atom. The molecule has 0 aromatic rings. The van der Waals surface area contributed by atoms with Gasteiger partial charge in [0.15, 0.2) is 0 Å². The van der Waals surface area contributed by atoms with Crippen LogP contribution in [0, 0.1) is 0 Å². The molecular weight excluding hydrogens is 193 g/mol. The van der Waals surface area contributed by atoms with Gasteiger partial charge in [0.25, 0.3) is 0 Å². The summed E-state index contributed by atoms with van der Waals surface area (Å²) in [4.78, 5) is 5.08. The summed E-state index contributed by atoms with van der Waals surface area (Å²) >= 11 is 0. The van der Waals surface area contributed by atoms with Gasteiger partial charge in [-0.1, -0.05) is 27.7 Å². The molecule has 1 N–H and O–H groups in total. The monoisotopic (exact) mass is 221 g/mol. The third-order valence-electron chi connectivity index (χ3n) is 2.86. The standard InChI is InChI=1S/C6H12N2.C6H15N.Li.H/c1-2-8-5-3-7(1)4-6-8;1-5(2)7-6(3)4;;/h1-6H2;5-7H,1-4H3;;/q;;+1;-1. The molecular formula is C12H28LiN3. The van der Waals surface area contributed by atoms with E-state index in [2.05, 4.69) is 42.8 Å². The van der Waals surface area contributed by atoms with E-state index < -0.39 is 0 Å². The molecule has 3 aliphatic rings. The van der Waals surface area contributed by atoms with Crippen molar-refractivity contribution < 1.29 is 20.3 Å². The number of fused-ring (bicyclic) bond motifs is 3. The summed E-state index contributed by atoms with van der Waals surface area (Å²) in [5.74, 6) is 0. The maximum atomic E-state index is 3.31. The fourth-order valence-corrected chi connectivity index (χ4v) is 2.19. The number of nitrogens with zero attached hydrogens (tertiary/aromatic N) is 2. The number of piperazine rings is 3. The summed E-state index contributed by atoms with van der Waals surface area (Å²) in [5, 5.41) is 3.31. The normalized spacial score (nSPS) is 27.4. The zero-order chi connectivity index (χ0) is 11.3. The Morgan fingerprint density at radius 2 is 1.00 bits per heavy atom. The van der Waals surface area contributed by atoms with E-state index in [-0.39, 0.29) is 20.3 Å². The smallest absolute Gasteiger partial charge is 1.00 e. The molecule has 0 amide bonds. The fraction of sp³-hybridized carbons (Fsp3) is 1.00. The summed E-state index contributed by atoms with van der Waals surface area (Å²) in [7, 11) is 0. The molecule has 3 saturated heterocycles. The Balaban J connectivity index is 0. The van der Waals surface area contributed by atoms with Crippen LogP contribution in [0.3, 0.4) is 0 Å². The molecule has 3 rings (SSSR count). The summed E-state index contributed by atoms with van der Waals surface area (Å²) in [6.45, 7) is 16.5. The van der Waals surface area contributed by atoms with Gasteiger partial charge in [-0.3, -0.25) is 9.80 Å². The minimum absolute atomic E-state index is 0. The molecule has 92 valence electrons. The van der Waals surface area contributed by atoms with Gasteiger partial charge in [-0.2, -0.15) is 0 Å². The average molecular weight is 221 g/mol. The fourth-order valence-electron chi connectivity index (χ4n) is 2.19. The molecule has 0 aromatic carbocycles. The van der Waals surface area contributed by atoms with Crippen molar-refractivity contribution in [3.63, 3.8) is 0 Å². The van der Waals surface area contributed by atoms with E-state index in [9.17, 15) is 0 Å². The van der Waals surface area contributed by atoms with E-state index in [1.165, 1.54) is 39.3 Å². The molecule has 4 heteroatoms. The van der Waals surface area contributed by atoms with Crippen molar-refractivity contribution in [3.8, 4) is 0 Å². The second-order valence-corrected chi connectivity index (χ2v) is 5.16. The van der Waals surface area contributed by atoms with Crippen LogP contribution in [-0.4, -0.2) is 61.2 Å². The molecule has 0 aromatic heterocycles. The van der Waals surface area contributed by atoms with Gasteiger partial charge < -0.3 is 6.74 Å². The van der Waals surface area contributed by atoms with Crippen LogP contribution in [0.5, 0.6) is 0 Å². The number of hydrogen-bond acceptors (Lipinski definition) is 3. The second kappa shape index (κ2) is 8.55. The first kappa shape index (κ1) is 16.5. The van der Waals surface area contributed by atoms with E-state index in [1.54, 1.807) is 0 Å². The Kier molecular flexibility index (Phi) is 8.81. The summed E-state index contributed by atoms with van der Waals surface area (Å²) in [6, 6.07) is 1.25. The molecule has 2 bridgehead atoms. The second-order valence-electron chi connectivity index (χ2n) is 5.16. The largest absolute Gasteiger partial charge is 1.00 e. The molecule has 16 heavy (non-hydrogen) atoms. The van der Waals surface area contributed by atoms with Crippen LogP contribution in [0.25, 0.3) is 0 Å². The first-order chi connectivity index (χ1) is 7.08. The van der Waals surface area contributed by atoms with E-state index in [4.69, 9.17) is 0 Å². The van der Waals surface area contributed by atoms with Crippen molar-refractivity contribution in [1.29, 1.82) is 0 Å². The first-order valence-electron chi connectivity index (χ1n) is 6.28. The minimum atomic E-state index is 0. The Bertz CT molecular complexity index is 142. The van der Waals surface area contributed by atoms with Crippen LogP contribution in [0.15, 0.2) is 0 Å². The van der Waals surface area contributed by atoms with Crippen molar-refractivity contribution in [2.45, 2.75) is 39.8 Å². The van der Waals surface area contributed by atoms with Crippen molar-refractivity contribution in [2.75, 3.05) is 39.3 Å². The Morgan fingerprint density at radius 1 is 0.750 bits per heavy atom. The molecule has 3 aliphatic heterocycles. The minimum Gasteiger partial charge on any atom is -1.00 e. The SMILES string of the molecule is C1CN2CCN1CC2.CC(C)NC(C)C.[H-].[Li+]. The molecule has 3 heterocycles. The van der Waals surface area contributed by atoms with E-state index in [0.717, 1.165) is 0 Å². The maximum Gasteiger partial charge on any atom is 1.00 e. The first-order valence-corrected chi connectivity index (χ1v) is 6.28. The van der Waals surface area contributed by atoms with Crippen LogP contribution in [0.4, 0.5) is 0 Å². The molecule has 0 saturated carbocycles. The van der Waals surface area contributed by atoms with Crippen LogP contribution in [-0.2, 0) is 0 Å². The third kappa shape index (κ3) is 6.93. The predicted octanol–water partition coefficient (Wildman–Crippen LogP) is -1.87. The summed E-state index contributed by atoms with van der Waals surface area (Å²) < 4.78 is 0. The van der Waals surface area contributed by atoms with E-state index in [1.807, 2.05) is 0 Å². The molecule has 0 aliphatic carbocycles. The summed E-state index contributed by atoms with van der Waals surface area (Å²) in [6.07, 6.45) is 0. The molecule has 0 radical (unpaired) electrons. The van der Waals surface area contributed by atoms with Crippen molar-refractivity contribution in [1.82, 2.24) is 15.1 Å². The predicted molar refractivity (Wildman–Crippen MR) is 67.4 cm³/mol. The van der Waals surface area contributed by atoms with Gasteiger partial charge >= 0.3 is 18.9 Å². The molecule has 3 nitrogen and oxygen atoms in total. The van der Waals surface area contributed by atoms with Gasteiger partial charge in [0.05, 0.1) is 0 Å². The average Bonchev–Trinajstić information content (AvgIpc) is 2.19. The Hall–Kier alpha value is 0.477. The van der Waals surface area contributed by atoms with E-state index in [0.29, 0.717) is 12.1 Å². The molecule has 0 spiro atoms. The van der Waals surface area contributed by atoms with Gasteiger partial charge in [-0.15, -0.1) is 0 Å². The van der Waals surface area contributed by atoms with Gasteiger partial charge in [0.2, 0.25) is 0 Å². The van der Waals surface area contributed by atoms with Crippen molar-refractivity contribution in [3.05, 3.63) is 0 Å². The molecule has 3 fully saturated rings. The van der Waals surface area contributed by atoms with Gasteiger partial charge in [-0.05, 0) is 0 Å². The Labute approximate surface area is 115 Å². The van der Waals surface area contributed by atoms with Gasteiger partial charge in [0.1, 0.15) is 0 Å². The van der Waals surface area contributed by atoms with Crippen LogP contribution in [0.1, 0.15) is 29.1 Å². The van der Waals surface area contributed by atoms with E-state index >= 15 is 0 Å². The zero-order valence-electron chi connectivity index (χ0n) is 12.8. The molecule has 0 unspecified atom stereocenters. The number of rotatable bonds is 2. The van der Waals surface area contributed by atoms with Gasteiger partial charge in [-0.25, -0.2) is 0 Å². The zero-order valence-corrected chi connectivity index (χ0v) is 11.8. The van der Waals surface area contributed by atoms with Crippen LogP contribution in [0.2, 0.25) is 0 Å². The van der Waals surface area contributed by atoms with Crippen molar-refractivity contribution >= 4 is 0 Å². The quantitative estimate of drug-likeness (QED) is 0.551. The van der Waals surface area contributed by atoms with Crippen LogP contribution >= 0.6 is 0 Å². The third-order valence-corrected chi connectivity index (χ3v) is 2.86.